The summed E-state index contributed by atoms with van der Waals surface area (Å²) in [5.41, 5.74) is 4.32. The molecule has 2 aromatic carbocycles. The van der Waals surface area contributed by atoms with Crippen molar-refractivity contribution >= 4 is 39.4 Å². The number of nitrogens with one attached hydrogen (secondary N) is 2. The van der Waals surface area contributed by atoms with Crippen LogP contribution < -0.4 is 0 Å². The fourth-order valence-corrected chi connectivity index (χ4v) is 4.54. The van der Waals surface area contributed by atoms with Gasteiger partial charge in [0.2, 0.25) is 5.91 Å². The number of nitrogens with zero attached hydrogens (tertiary/aromatic N) is 3. The predicted molar refractivity (Wildman–Crippen MR) is 124 cm³/mol. The third-order valence-corrected chi connectivity index (χ3v) is 6.44. The van der Waals surface area contributed by atoms with Crippen molar-refractivity contribution in [2.45, 2.75) is 25.8 Å². The second-order valence-corrected chi connectivity index (χ2v) is 8.84. The van der Waals surface area contributed by atoms with Crippen LogP contribution in [-0.4, -0.2) is 56.8 Å². The summed E-state index contributed by atoms with van der Waals surface area (Å²) in [7, 11) is 0. The van der Waals surface area contributed by atoms with Crippen LogP contribution in [0.2, 0.25) is 5.02 Å². The number of imidazole rings is 1. The van der Waals surface area contributed by atoms with Gasteiger partial charge in [-0.05, 0) is 35.9 Å². The Balaban J connectivity index is 1.17. The minimum atomic E-state index is 0.0638. The minimum absolute atomic E-state index is 0.0638. The maximum Gasteiger partial charge on any atom is 0.223 e. The first-order chi connectivity index (χ1) is 15.1. The number of aromatic amines is 2. The standard InChI is InChI=1S/C24H26ClN5O/c1-16(24-27-21-4-2-3-5-22(21)28-24)12-23(31)30-10-8-29(9-11-30)15-17-14-26-20-7-6-18(25)13-19(17)20/h2-7,13-14,16,26H,8-12,15H2,1H3,(H,27,28). The number of rotatable bonds is 5. The van der Waals surface area contributed by atoms with Crippen LogP contribution in [0.15, 0.2) is 48.7 Å². The summed E-state index contributed by atoms with van der Waals surface area (Å²) in [6.07, 6.45) is 2.54. The molecule has 1 saturated heterocycles. The van der Waals surface area contributed by atoms with E-state index < -0.39 is 0 Å². The molecule has 7 heteroatoms. The van der Waals surface area contributed by atoms with Crippen molar-refractivity contribution in [2.24, 2.45) is 0 Å². The number of halogens is 1. The Morgan fingerprint density at radius 2 is 1.94 bits per heavy atom. The Labute approximate surface area is 186 Å². The lowest BCUT2D eigenvalue weighted by Gasteiger charge is -2.35. The van der Waals surface area contributed by atoms with Crippen molar-refractivity contribution in [3.05, 3.63) is 65.1 Å². The van der Waals surface area contributed by atoms with Crippen LogP contribution in [0.4, 0.5) is 0 Å². The summed E-state index contributed by atoms with van der Waals surface area (Å²) in [6, 6.07) is 13.9. The van der Waals surface area contributed by atoms with Crippen LogP contribution in [0.5, 0.6) is 0 Å². The van der Waals surface area contributed by atoms with E-state index in [4.69, 9.17) is 11.6 Å². The highest BCUT2D eigenvalue weighted by Gasteiger charge is 2.24. The van der Waals surface area contributed by atoms with E-state index in [0.29, 0.717) is 6.42 Å². The molecule has 4 aromatic rings. The highest BCUT2D eigenvalue weighted by Crippen LogP contribution is 2.25. The van der Waals surface area contributed by atoms with Gasteiger partial charge in [-0.1, -0.05) is 30.7 Å². The van der Waals surface area contributed by atoms with Crippen LogP contribution in [-0.2, 0) is 11.3 Å². The number of H-pyrrole nitrogens is 2. The Bertz CT molecular complexity index is 1190. The number of amides is 1. The smallest absolute Gasteiger partial charge is 0.223 e. The number of aromatic nitrogens is 3. The molecule has 0 radical (unpaired) electrons. The Hall–Kier alpha value is -2.83. The van der Waals surface area contributed by atoms with Gasteiger partial charge < -0.3 is 14.9 Å². The van der Waals surface area contributed by atoms with E-state index in [0.717, 1.165) is 60.1 Å². The van der Waals surface area contributed by atoms with Crippen LogP contribution in [0.1, 0.15) is 30.7 Å². The first-order valence-electron chi connectivity index (χ1n) is 10.8. The van der Waals surface area contributed by atoms with Crippen molar-refractivity contribution in [3.63, 3.8) is 0 Å². The molecular weight excluding hydrogens is 410 g/mol. The number of hydrogen-bond donors (Lipinski definition) is 2. The van der Waals surface area contributed by atoms with Crippen molar-refractivity contribution in [1.82, 2.24) is 24.8 Å². The monoisotopic (exact) mass is 435 g/mol. The maximum absolute atomic E-state index is 12.9. The molecule has 0 bridgehead atoms. The molecule has 31 heavy (non-hydrogen) atoms. The van der Waals surface area contributed by atoms with Gasteiger partial charge >= 0.3 is 0 Å². The number of hydrogen-bond acceptors (Lipinski definition) is 3. The van der Waals surface area contributed by atoms with E-state index in [1.165, 1.54) is 10.9 Å². The molecule has 3 heterocycles. The molecule has 1 aliphatic heterocycles. The van der Waals surface area contributed by atoms with Crippen molar-refractivity contribution in [2.75, 3.05) is 26.2 Å². The van der Waals surface area contributed by atoms with Crippen molar-refractivity contribution in [3.8, 4) is 0 Å². The van der Waals surface area contributed by atoms with Crippen LogP contribution in [0.3, 0.4) is 0 Å². The summed E-state index contributed by atoms with van der Waals surface area (Å²) < 4.78 is 0. The van der Waals surface area contributed by atoms with Crippen LogP contribution >= 0.6 is 11.6 Å². The predicted octanol–water partition coefficient (Wildman–Crippen LogP) is 4.54. The molecule has 2 N–H and O–H groups in total. The zero-order chi connectivity index (χ0) is 21.4. The Morgan fingerprint density at radius 1 is 1.13 bits per heavy atom. The van der Waals surface area contributed by atoms with Gasteiger partial charge in [0.25, 0.3) is 0 Å². The van der Waals surface area contributed by atoms with Gasteiger partial charge in [-0.2, -0.15) is 0 Å². The Kier molecular flexibility index (Phi) is 5.42. The number of para-hydroxylation sites is 2. The number of fused-ring (bicyclic) bond motifs is 2. The van der Waals surface area contributed by atoms with E-state index in [-0.39, 0.29) is 11.8 Å². The zero-order valence-electron chi connectivity index (χ0n) is 17.6. The zero-order valence-corrected chi connectivity index (χ0v) is 18.3. The molecule has 2 aromatic heterocycles. The van der Waals surface area contributed by atoms with E-state index in [2.05, 4.69) is 33.0 Å². The number of benzene rings is 2. The molecule has 160 valence electrons. The second kappa shape index (κ2) is 8.36. The normalized spacial score (nSPS) is 16.3. The van der Waals surface area contributed by atoms with E-state index in [1.807, 2.05) is 47.4 Å². The van der Waals surface area contributed by atoms with Crippen molar-refractivity contribution in [1.29, 1.82) is 0 Å². The fourth-order valence-electron chi connectivity index (χ4n) is 4.37. The number of piperazine rings is 1. The van der Waals surface area contributed by atoms with Crippen LogP contribution in [0, 0.1) is 0 Å². The average molecular weight is 436 g/mol. The molecule has 0 saturated carbocycles. The Morgan fingerprint density at radius 3 is 2.74 bits per heavy atom. The second-order valence-electron chi connectivity index (χ2n) is 8.41. The molecule has 5 rings (SSSR count). The molecule has 0 spiro atoms. The maximum atomic E-state index is 12.9. The summed E-state index contributed by atoms with van der Waals surface area (Å²) >= 11 is 6.17. The molecule has 1 amide bonds. The largest absolute Gasteiger partial charge is 0.361 e. The molecule has 1 fully saturated rings. The van der Waals surface area contributed by atoms with Gasteiger partial charge in [-0.25, -0.2) is 4.98 Å². The highest BCUT2D eigenvalue weighted by molar-refractivity contribution is 6.31. The molecule has 6 nitrogen and oxygen atoms in total. The van der Waals surface area contributed by atoms with E-state index in [9.17, 15) is 4.79 Å². The molecule has 1 atom stereocenters. The molecular formula is C24H26ClN5O. The van der Waals surface area contributed by atoms with Crippen molar-refractivity contribution < 1.29 is 4.79 Å². The molecule has 1 unspecified atom stereocenters. The third kappa shape index (κ3) is 4.18. The first kappa shape index (κ1) is 20.1. The topological polar surface area (TPSA) is 68.0 Å². The first-order valence-corrected chi connectivity index (χ1v) is 11.1. The van der Waals surface area contributed by atoms with Gasteiger partial charge in [0.1, 0.15) is 5.82 Å². The lowest BCUT2D eigenvalue weighted by molar-refractivity contribution is -0.133. The van der Waals surface area contributed by atoms with E-state index in [1.54, 1.807) is 0 Å². The minimum Gasteiger partial charge on any atom is -0.361 e. The van der Waals surface area contributed by atoms with E-state index >= 15 is 0 Å². The number of carbonyl (C=O) groups excluding carboxylic acids is 1. The molecule has 1 aliphatic rings. The lowest BCUT2D eigenvalue weighted by Crippen LogP contribution is -2.48. The number of carbonyl (C=O) groups is 1. The average Bonchev–Trinajstić information content (AvgIpc) is 3.38. The summed E-state index contributed by atoms with van der Waals surface area (Å²) in [5, 5.41) is 1.92. The van der Waals surface area contributed by atoms with Gasteiger partial charge in [-0.15, -0.1) is 0 Å². The van der Waals surface area contributed by atoms with Crippen LogP contribution in [0.25, 0.3) is 21.9 Å². The van der Waals surface area contributed by atoms with Gasteiger partial charge in [-0.3, -0.25) is 9.69 Å². The quantitative estimate of drug-likeness (QED) is 0.483. The lowest BCUT2D eigenvalue weighted by atomic mass is 10.1. The van der Waals surface area contributed by atoms with Gasteiger partial charge in [0, 0.05) is 67.2 Å². The SMILES string of the molecule is CC(CC(=O)N1CCN(Cc2c[nH]c3ccc(Cl)cc23)CC1)c1nc2ccccc2[nH]1. The summed E-state index contributed by atoms with van der Waals surface area (Å²) in [4.78, 5) is 28.6. The third-order valence-electron chi connectivity index (χ3n) is 6.20. The highest BCUT2D eigenvalue weighted by atomic mass is 35.5. The summed E-state index contributed by atoms with van der Waals surface area (Å²) in [6.45, 7) is 6.19. The molecule has 0 aliphatic carbocycles. The fraction of sp³-hybridized carbons (Fsp3) is 0.333. The summed E-state index contributed by atoms with van der Waals surface area (Å²) in [5.74, 6) is 1.14. The van der Waals surface area contributed by atoms with Gasteiger partial charge in [0.05, 0.1) is 11.0 Å². The van der Waals surface area contributed by atoms with Gasteiger partial charge in [0.15, 0.2) is 0 Å².